The number of carbonyl (C=O) groups is 1. The molecule has 0 aromatic heterocycles. The van der Waals surface area contributed by atoms with Crippen molar-refractivity contribution in [2.45, 2.75) is 63.4 Å². The predicted octanol–water partition coefficient (Wildman–Crippen LogP) is -0.103. The Hall–Kier alpha value is -0.690. The van der Waals surface area contributed by atoms with Crippen LogP contribution >= 0.6 is 0 Å². The molecule has 4 atom stereocenters. The Morgan fingerprint density at radius 1 is 1.33 bits per heavy atom. The summed E-state index contributed by atoms with van der Waals surface area (Å²) in [5.74, 6) is -0.682. The SMILES string of the molecule is C[C@H](O)[C@](O)(C(=O)OC[C@@H]1CCN2CCC[C@@H]12)C(C)(C)O. The molecule has 0 spiro atoms. The fourth-order valence-electron chi connectivity index (χ4n) is 3.61. The first-order valence-electron chi connectivity index (χ1n) is 7.72. The van der Waals surface area contributed by atoms with Crippen LogP contribution in [0, 0.1) is 5.92 Å². The van der Waals surface area contributed by atoms with Crippen molar-refractivity contribution in [1.82, 2.24) is 4.90 Å². The van der Waals surface area contributed by atoms with Gasteiger partial charge >= 0.3 is 5.97 Å². The zero-order chi connectivity index (χ0) is 15.8. The van der Waals surface area contributed by atoms with E-state index in [1.165, 1.54) is 27.2 Å². The van der Waals surface area contributed by atoms with E-state index in [2.05, 4.69) is 4.90 Å². The van der Waals surface area contributed by atoms with Crippen LogP contribution in [-0.4, -0.2) is 69.2 Å². The van der Waals surface area contributed by atoms with Gasteiger partial charge in [0.2, 0.25) is 5.60 Å². The fourth-order valence-corrected chi connectivity index (χ4v) is 3.61. The average Bonchev–Trinajstić information content (AvgIpc) is 2.96. The van der Waals surface area contributed by atoms with Crippen molar-refractivity contribution in [2.75, 3.05) is 19.7 Å². The van der Waals surface area contributed by atoms with E-state index < -0.39 is 23.3 Å². The number of carbonyl (C=O) groups excluding carboxylic acids is 1. The van der Waals surface area contributed by atoms with Crippen LogP contribution in [0.5, 0.6) is 0 Å². The summed E-state index contributed by atoms with van der Waals surface area (Å²) in [6.45, 7) is 6.21. The molecular weight excluding hydrogens is 274 g/mol. The Kier molecular flexibility index (Phi) is 4.63. The topological polar surface area (TPSA) is 90.2 Å². The molecule has 2 heterocycles. The summed E-state index contributed by atoms with van der Waals surface area (Å²) in [5, 5.41) is 30.1. The number of rotatable bonds is 5. The van der Waals surface area contributed by atoms with Crippen molar-refractivity contribution in [3.8, 4) is 0 Å². The summed E-state index contributed by atoms with van der Waals surface area (Å²) in [4.78, 5) is 14.6. The molecule has 0 saturated carbocycles. The number of hydrogen-bond acceptors (Lipinski definition) is 6. The number of esters is 1. The van der Waals surface area contributed by atoms with Gasteiger partial charge in [-0.05, 0) is 53.1 Å². The number of hydrogen-bond donors (Lipinski definition) is 3. The molecule has 6 heteroatoms. The summed E-state index contributed by atoms with van der Waals surface area (Å²) in [5.41, 5.74) is -4.10. The van der Waals surface area contributed by atoms with Gasteiger partial charge in [0.15, 0.2) is 0 Å². The Morgan fingerprint density at radius 3 is 2.57 bits per heavy atom. The molecule has 2 saturated heterocycles. The van der Waals surface area contributed by atoms with Gasteiger partial charge in [0.05, 0.1) is 12.7 Å². The zero-order valence-electron chi connectivity index (χ0n) is 13.1. The lowest BCUT2D eigenvalue weighted by Gasteiger charge is -2.38. The van der Waals surface area contributed by atoms with Crippen LogP contribution in [0.1, 0.15) is 40.0 Å². The molecule has 6 nitrogen and oxygen atoms in total. The summed E-state index contributed by atoms with van der Waals surface area (Å²) >= 11 is 0. The van der Waals surface area contributed by atoms with Crippen LogP contribution in [0.15, 0.2) is 0 Å². The quantitative estimate of drug-likeness (QED) is 0.614. The van der Waals surface area contributed by atoms with E-state index in [9.17, 15) is 20.1 Å². The smallest absolute Gasteiger partial charge is 0.343 e. The first kappa shape index (κ1) is 16.7. The van der Waals surface area contributed by atoms with Crippen LogP contribution in [0.2, 0.25) is 0 Å². The van der Waals surface area contributed by atoms with E-state index in [1.807, 2.05) is 0 Å². The monoisotopic (exact) mass is 301 g/mol. The third-order valence-electron chi connectivity index (χ3n) is 5.02. The highest BCUT2D eigenvalue weighted by Gasteiger charge is 2.54. The van der Waals surface area contributed by atoms with E-state index >= 15 is 0 Å². The van der Waals surface area contributed by atoms with Gasteiger partial charge in [0.1, 0.15) is 5.60 Å². The van der Waals surface area contributed by atoms with Gasteiger partial charge in [0, 0.05) is 12.0 Å². The van der Waals surface area contributed by atoms with Gasteiger partial charge in [-0.2, -0.15) is 0 Å². The Labute approximate surface area is 125 Å². The maximum absolute atomic E-state index is 12.2. The molecule has 2 aliphatic heterocycles. The molecule has 2 rings (SSSR count). The highest BCUT2D eigenvalue weighted by atomic mass is 16.6. The maximum atomic E-state index is 12.2. The number of aliphatic hydroxyl groups excluding tert-OH is 1. The van der Waals surface area contributed by atoms with Crippen molar-refractivity contribution in [1.29, 1.82) is 0 Å². The Balaban J connectivity index is 1.97. The van der Waals surface area contributed by atoms with Crippen molar-refractivity contribution in [3.63, 3.8) is 0 Å². The van der Waals surface area contributed by atoms with Crippen molar-refractivity contribution < 1.29 is 24.9 Å². The van der Waals surface area contributed by atoms with Crippen molar-refractivity contribution >= 4 is 5.97 Å². The van der Waals surface area contributed by atoms with Crippen LogP contribution in [-0.2, 0) is 9.53 Å². The van der Waals surface area contributed by atoms with E-state index in [-0.39, 0.29) is 12.5 Å². The minimum Gasteiger partial charge on any atom is -0.463 e. The van der Waals surface area contributed by atoms with Crippen molar-refractivity contribution in [2.24, 2.45) is 5.92 Å². The van der Waals surface area contributed by atoms with Crippen LogP contribution < -0.4 is 0 Å². The second kappa shape index (κ2) is 5.83. The molecule has 0 amide bonds. The van der Waals surface area contributed by atoms with Crippen LogP contribution in [0.3, 0.4) is 0 Å². The molecule has 0 aromatic rings. The molecular formula is C15H27NO5. The zero-order valence-corrected chi connectivity index (χ0v) is 13.1. The fraction of sp³-hybridized carbons (Fsp3) is 0.933. The minimum atomic E-state index is -2.32. The normalized spacial score (nSPS) is 30.8. The average molecular weight is 301 g/mol. The molecule has 2 aliphatic rings. The van der Waals surface area contributed by atoms with Gasteiger partial charge in [-0.15, -0.1) is 0 Å². The van der Waals surface area contributed by atoms with Crippen LogP contribution in [0.4, 0.5) is 0 Å². The first-order chi connectivity index (χ1) is 9.68. The van der Waals surface area contributed by atoms with Crippen molar-refractivity contribution in [3.05, 3.63) is 0 Å². The summed E-state index contributed by atoms with van der Waals surface area (Å²) in [6.07, 6.45) is 1.86. The lowest BCUT2D eigenvalue weighted by atomic mass is 9.81. The number of fused-ring (bicyclic) bond motifs is 1. The van der Waals surface area contributed by atoms with E-state index in [0.717, 1.165) is 25.9 Å². The van der Waals surface area contributed by atoms with Crippen LogP contribution in [0.25, 0.3) is 0 Å². The standard InChI is InChI=1S/C15H27NO5/c1-10(17)15(20,14(2,3)19)13(18)21-9-11-6-8-16-7-4-5-12(11)16/h10-12,17,19-20H,4-9H2,1-3H3/t10-,11-,12-,15-/m0/s1. The van der Waals surface area contributed by atoms with Gasteiger partial charge in [-0.1, -0.05) is 0 Å². The van der Waals surface area contributed by atoms with E-state index in [0.29, 0.717) is 6.04 Å². The summed E-state index contributed by atoms with van der Waals surface area (Å²) < 4.78 is 5.25. The molecule has 0 aromatic carbocycles. The largest absolute Gasteiger partial charge is 0.463 e. The molecule has 3 N–H and O–H groups in total. The van der Waals surface area contributed by atoms with Gasteiger partial charge in [0.25, 0.3) is 0 Å². The molecule has 122 valence electrons. The Morgan fingerprint density at radius 2 is 2.00 bits per heavy atom. The minimum absolute atomic E-state index is 0.227. The van der Waals surface area contributed by atoms with Gasteiger partial charge < -0.3 is 20.1 Å². The highest BCUT2D eigenvalue weighted by molar-refractivity contribution is 5.81. The predicted molar refractivity (Wildman–Crippen MR) is 76.6 cm³/mol. The molecule has 0 radical (unpaired) electrons. The first-order valence-corrected chi connectivity index (χ1v) is 7.72. The lowest BCUT2D eigenvalue weighted by Crippen LogP contribution is -2.63. The molecule has 0 unspecified atom stereocenters. The number of nitrogens with zero attached hydrogens (tertiary/aromatic N) is 1. The second-order valence-electron chi connectivity index (χ2n) is 6.89. The lowest BCUT2D eigenvalue weighted by molar-refractivity contribution is -0.214. The molecule has 0 aliphatic carbocycles. The third kappa shape index (κ3) is 2.95. The molecule has 21 heavy (non-hydrogen) atoms. The number of aliphatic hydroxyl groups is 3. The molecule has 2 fully saturated rings. The maximum Gasteiger partial charge on any atom is 0.343 e. The highest BCUT2D eigenvalue weighted by Crippen LogP contribution is 2.34. The summed E-state index contributed by atoms with van der Waals surface area (Å²) in [7, 11) is 0. The Bertz CT molecular complexity index is 392. The van der Waals surface area contributed by atoms with E-state index in [4.69, 9.17) is 4.74 Å². The van der Waals surface area contributed by atoms with E-state index in [1.54, 1.807) is 0 Å². The van der Waals surface area contributed by atoms with Gasteiger partial charge in [-0.25, -0.2) is 4.79 Å². The number of ether oxygens (including phenoxy) is 1. The second-order valence-corrected chi connectivity index (χ2v) is 6.89. The van der Waals surface area contributed by atoms with Gasteiger partial charge in [-0.3, -0.25) is 4.90 Å². The summed E-state index contributed by atoms with van der Waals surface area (Å²) in [6, 6.07) is 0.458. The third-order valence-corrected chi connectivity index (χ3v) is 5.02. The molecule has 0 bridgehead atoms.